The molecular formula is C20H22FNO3S. The molecule has 6 heteroatoms. The average molecular weight is 375 g/mol. The summed E-state index contributed by atoms with van der Waals surface area (Å²) >= 11 is 1.70. The lowest BCUT2D eigenvalue weighted by Crippen LogP contribution is -2.33. The Balaban J connectivity index is 1.75. The molecule has 0 spiro atoms. The standard InChI is InChI=1S/C20H22FNO3S/c1-24-14-7-8-16(18(13-14)25-2)20(23)22-10-9-19(26-12-11-22)15-5-3-4-6-17(15)21/h3-8,13,19H,9-12H2,1-2H3. The summed E-state index contributed by atoms with van der Waals surface area (Å²) in [5, 5.41) is 0.0618. The third-order valence-corrected chi connectivity index (χ3v) is 5.83. The van der Waals surface area contributed by atoms with Gasteiger partial charge in [-0.15, -0.1) is 0 Å². The van der Waals surface area contributed by atoms with E-state index in [9.17, 15) is 9.18 Å². The van der Waals surface area contributed by atoms with Gasteiger partial charge in [-0.1, -0.05) is 18.2 Å². The Bertz CT molecular complexity index is 783. The molecule has 1 saturated heterocycles. The number of hydrogen-bond acceptors (Lipinski definition) is 4. The minimum absolute atomic E-state index is 0.0618. The molecule has 1 aliphatic heterocycles. The van der Waals surface area contributed by atoms with Crippen LogP contribution in [0.4, 0.5) is 4.39 Å². The van der Waals surface area contributed by atoms with Gasteiger partial charge in [0.15, 0.2) is 0 Å². The van der Waals surface area contributed by atoms with E-state index < -0.39 is 0 Å². The summed E-state index contributed by atoms with van der Waals surface area (Å²) < 4.78 is 24.6. The van der Waals surface area contributed by atoms with Gasteiger partial charge in [-0.3, -0.25) is 4.79 Å². The van der Waals surface area contributed by atoms with Crippen molar-refractivity contribution in [2.24, 2.45) is 0 Å². The maximum atomic E-state index is 14.1. The lowest BCUT2D eigenvalue weighted by atomic mass is 10.1. The van der Waals surface area contributed by atoms with Crippen LogP contribution in [0.25, 0.3) is 0 Å². The molecule has 0 radical (unpaired) electrons. The van der Waals surface area contributed by atoms with Gasteiger partial charge in [0.25, 0.3) is 5.91 Å². The fraction of sp³-hybridized carbons (Fsp3) is 0.350. The van der Waals surface area contributed by atoms with Crippen LogP contribution in [0.1, 0.15) is 27.6 Å². The van der Waals surface area contributed by atoms with Crippen LogP contribution in [0.2, 0.25) is 0 Å². The molecule has 4 nitrogen and oxygen atoms in total. The van der Waals surface area contributed by atoms with Crippen LogP contribution in [0.3, 0.4) is 0 Å². The Morgan fingerprint density at radius 3 is 2.69 bits per heavy atom. The quantitative estimate of drug-likeness (QED) is 0.804. The zero-order valence-corrected chi connectivity index (χ0v) is 15.7. The van der Waals surface area contributed by atoms with Crippen molar-refractivity contribution in [1.29, 1.82) is 0 Å². The molecule has 1 heterocycles. The second kappa shape index (κ2) is 8.45. The number of nitrogens with zero attached hydrogens (tertiary/aromatic N) is 1. The lowest BCUT2D eigenvalue weighted by molar-refractivity contribution is 0.0763. The normalized spacial score (nSPS) is 17.5. The van der Waals surface area contributed by atoms with Crippen molar-refractivity contribution < 1.29 is 18.7 Å². The van der Waals surface area contributed by atoms with Crippen LogP contribution in [0.5, 0.6) is 11.5 Å². The number of thioether (sulfide) groups is 1. The highest BCUT2D eigenvalue weighted by atomic mass is 32.2. The monoisotopic (exact) mass is 375 g/mol. The van der Waals surface area contributed by atoms with E-state index in [0.717, 1.165) is 12.2 Å². The molecule has 0 N–H and O–H groups in total. The molecular weight excluding hydrogens is 353 g/mol. The van der Waals surface area contributed by atoms with Gasteiger partial charge in [-0.05, 0) is 24.6 Å². The summed E-state index contributed by atoms with van der Waals surface area (Å²) in [6, 6.07) is 12.1. The van der Waals surface area contributed by atoms with Gasteiger partial charge < -0.3 is 14.4 Å². The SMILES string of the molecule is COc1ccc(C(=O)N2CCSC(c3ccccc3F)CC2)c(OC)c1. The molecule has 1 fully saturated rings. The third kappa shape index (κ3) is 3.96. The second-order valence-corrected chi connectivity index (χ2v) is 7.34. The fourth-order valence-corrected chi connectivity index (χ4v) is 4.36. The van der Waals surface area contributed by atoms with E-state index in [2.05, 4.69) is 0 Å². The molecule has 138 valence electrons. The Morgan fingerprint density at radius 1 is 1.15 bits per heavy atom. The number of rotatable bonds is 4. The van der Waals surface area contributed by atoms with E-state index >= 15 is 0 Å². The van der Waals surface area contributed by atoms with Gasteiger partial charge in [0, 0.05) is 35.7 Å². The fourth-order valence-electron chi connectivity index (χ4n) is 3.10. The van der Waals surface area contributed by atoms with Gasteiger partial charge in [0.1, 0.15) is 17.3 Å². The van der Waals surface area contributed by atoms with E-state index in [1.54, 1.807) is 43.1 Å². The van der Waals surface area contributed by atoms with Crippen LogP contribution in [-0.2, 0) is 0 Å². The van der Waals surface area contributed by atoms with Crippen LogP contribution >= 0.6 is 11.8 Å². The summed E-state index contributed by atoms with van der Waals surface area (Å²) in [4.78, 5) is 14.8. The van der Waals surface area contributed by atoms with Crippen molar-refractivity contribution in [2.75, 3.05) is 33.1 Å². The molecule has 3 rings (SSSR count). The number of halogens is 1. The highest BCUT2D eigenvalue weighted by Crippen LogP contribution is 2.36. The summed E-state index contributed by atoms with van der Waals surface area (Å²) in [5.41, 5.74) is 1.23. The number of amides is 1. The molecule has 1 unspecified atom stereocenters. The highest BCUT2D eigenvalue weighted by Gasteiger charge is 2.26. The van der Waals surface area contributed by atoms with E-state index in [-0.39, 0.29) is 17.0 Å². The molecule has 1 amide bonds. The molecule has 26 heavy (non-hydrogen) atoms. The number of ether oxygens (including phenoxy) is 2. The Hall–Kier alpha value is -2.21. The lowest BCUT2D eigenvalue weighted by Gasteiger charge is -2.22. The smallest absolute Gasteiger partial charge is 0.257 e. The first-order valence-corrected chi connectivity index (χ1v) is 9.56. The zero-order valence-electron chi connectivity index (χ0n) is 14.9. The largest absolute Gasteiger partial charge is 0.497 e. The van der Waals surface area contributed by atoms with Crippen LogP contribution in [-0.4, -0.2) is 43.9 Å². The van der Waals surface area contributed by atoms with Crippen molar-refractivity contribution in [3.8, 4) is 11.5 Å². The van der Waals surface area contributed by atoms with Crippen molar-refractivity contribution in [3.05, 3.63) is 59.4 Å². The topological polar surface area (TPSA) is 38.8 Å². The van der Waals surface area contributed by atoms with Crippen molar-refractivity contribution >= 4 is 17.7 Å². The number of carbonyl (C=O) groups is 1. The summed E-state index contributed by atoms with van der Waals surface area (Å²) in [6.45, 7) is 1.21. The van der Waals surface area contributed by atoms with Gasteiger partial charge in [0.05, 0.1) is 19.8 Å². The molecule has 2 aromatic rings. The minimum atomic E-state index is -0.179. The van der Waals surface area contributed by atoms with Crippen LogP contribution < -0.4 is 9.47 Å². The van der Waals surface area contributed by atoms with Crippen LogP contribution in [0, 0.1) is 5.82 Å². The van der Waals surface area contributed by atoms with E-state index in [4.69, 9.17) is 9.47 Å². The zero-order chi connectivity index (χ0) is 18.5. The van der Waals surface area contributed by atoms with E-state index in [0.29, 0.717) is 35.7 Å². The average Bonchev–Trinajstić information content (AvgIpc) is 2.93. The predicted molar refractivity (Wildman–Crippen MR) is 102 cm³/mol. The molecule has 1 aliphatic rings. The molecule has 0 aromatic heterocycles. The van der Waals surface area contributed by atoms with Gasteiger partial charge in [-0.25, -0.2) is 4.39 Å². The maximum Gasteiger partial charge on any atom is 0.257 e. The highest BCUT2D eigenvalue weighted by molar-refractivity contribution is 7.99. The first-order valence-electron chi connectivity index (χ1n) is 8.51. The Morgan fingerprint density at radius 2 is 1.96 bits per heavy atom. The van der Waals surface area contributed by atoms with Crippen LogP contribution in [0.15, 0.2) is 42.5 Å². The van der Waals surface area contributed by atoms with Gasteiger partial charge >= 0.3 is 0 Å². The Kier molecular flexibility index (Phi) is 6.04. The maximum absolute atomic E-state index is 14.1. The molecule has 0 aliphatic carbocycles. The van der Waals surface area contributed by atoms with Gasteiger partial charge in [-0.2, -0.15) is 11.8 Å². The molecule has 0 bridgehead atoms. The van der Waals surface area contributed by atoms with E-state index in [1.807, 2.05) is 17.0 Å². The van der Waals surface area contributed by atoms with Gasteiger partial charge in [0.2, 0.25) is 0 Å². The first-order chi connectivity index (χ1) is 12.6. The number of benzene rings is 2. The number of carbonyl (C=O) groups excluding carboxylic acids is 1. The summed E-state index contributed by atoms with van der Waals surface area (Å²) in [7, 11) is 3.11. The Labute approximate surface area is 157 Å². The summed E-state index contributed by atoms with van der Waals surface area (Å²) in [5.74, 6) is 1.66. The third-order valence-electron chi connectivity index (χ3n) is 4.52. The van der Waals surface area contributed by atoms with E-state index in [1.165, 1.54) is 13.2 Å². The molecule has 0 saturated carbocycles. The minimum Gasteiger partial charge on any atom is -0.497 e. The van der Waals surface area contributed by atoms with Crippen molar-refractivity contribution in [1.82, 2.24) is 4.90 Å². The molecule has 2 aromatic carbocycles. The first kappa shape index (κ1) is 18.6. The summed E-state index contributed by atoms with van der Waals surface area (Å²) in [6.07, 6.45) is 0.718. The number of hydrogen-bond donors (Lipinski definition) is 0. The predicted octanol–water partition coefficient (Wildman–Crippen LogP) is 4.16. The van der Waals surface area contributed by atoms with Crippen molar-refractivity contribution in [2.45, 2.75) is 11.7 Å². The molecule has 1 atom stereocenters. The number of methoxy groups -OCH3 is 2. The van der Waals surface area contributed by atoms with Crippen molar-refractivity contribution in [3.63, 3.8) is 0 Å². The second-order valence-electron chi connectivity index (χ2n) is 6.03.